The predicted molar refractivity (Wildman–Crippen MR) is 130 cm³/mol. The quantitative estimate of drug-likeness (QED) is 0.345. The molecular formula is C25H15Cl2FN4O2. The molecule has 5 rings (SSSR count). The molecule has 6 nitrogen and oxygen atoms in total. The molecule has 0 unspecified atom stereocenters. The number of anilines is 2. The number of fused-ring (bicyclic) bond motifs is 3. The van der Waals surface area contributed by atoms with Gasteiger partial charge in [0.15, 0.2) is 0 Å². The smallest absolute Gasteiger partial charge is 0.335 e. The monoisotopic (exact) mass is 492 g/mol. The summed E-state index contributed by atoms with van der Waals surface area (Å²) >= 11 is 12.6. The molecule has 0 atom stereocenters. The number of nitrogens with zero attached hydrogens (tertiary/aromatic N) is 3. The highest BCUT2D eigenvalue weighted by molar-refractivity contribution is 6.36. The molecule has 3 aromatic carbocycles. The fourth-order valence-electron chi connectivity index (χ4n) is 3.75. The van der Waals surface area contributed by atoms with Crippen molar-refractivity contribution in [2.75, 3.05) is 5.32 Å². The van der Waals surface area contributed by atoms with Crippen LogP contribution in [0.15, 0.2) is 71.9 Å². The van der Waals surface area contributed by atoms with Gasteiger partial charge in [-0.3, -0.25) is 4.99 Å². The minimum absolute atomic E-state index is 0.177. The molecule has 0 spiro atoms. The Balaban J connectivity index is 1.59. The molecule has 2 N–H and O–H groups in total. The van der Waals surface area contributed by atoms with E-state index in [2.05, 4.69) is 20.3 Å². The third-order valence-electron chi connectivity index (χ3n) is 5.35. The van der Waals surface area contributed by atoms with Crippen LogP contribution in [0.1, 0.15) is 27.0 Å². The zero-order chi connectivity index (χ0) is 23.8. The maximum atomic E-state index is 14.8. The van der Waals surface area contributed by atoms with E-state index >= 15 is 0 Å². The van der Waals surface area contributed by atoms with Gasteiger partial charge in [0.05, 0.1) is 34.1 Å². The Hall–Kier alpha value is -3.81. The number of aromatic nitrogens is 2. The van der Waals surface area contributed by atoms with Crippen molar-refractivity contribution in [3.8, 4) is 11.3 Å². The van der Waals surface area contributed by atoms with Crippen molar-refractivity contribution < 1.29 is 14.3 Å². The first-order valence-corrected chi connectivity index (χ1v) is 10.9. The number of hydrogen-bond acceptors (Lipinski definition) is 5. The molecule has 9 heteroatoms. The summed E-state index contributed by atoms with van der Waals surface area (Å²) in [4.78, 5) is 24.8. The van der Waals surface area contributed by atoms with Crippen molar-refractivity contribution in [3.05, 3.63) is 105 Å². The maximum absolute atomic E-state index is 14.8. The molecule has 1 aliphatic rings. The summed E-state index contributed by atoms with van der Waals surface area (Å²) in [5, 5.41) is 12.9. The number of aliphatic imine (C=N–C) groups is 1. The zero-order valence-electron chi connectivity index (χ0n) is 17.4. The number of carboxylic acid groups (broad SMARTS) is 1. The first kappa shape index (κ1) is 22.0. The molecule has 2 heterocycles. The SMILES string of the molecule is O=C(O)c1ccc(Nc2ncc3c(n2)-c2ccc(Cl)cc2C(c2c(F)cccc2Cl)=NC3)cc1. The predicted octanol–water partition coefficient (Wildman–Crippen LogP) is 6.38. The summed E-state index contributed by atoms with van der Waals surface area (Å²) in [6.07, 6.45) is 1.66. The average molecular weight is 493 g/mol. The van der Waals surface area contributed by atoms with E-state index in [1.807, 2.05) is 6.07 Å². The van der Waals surface area contributed by atoms with Crippen molar-refractivity contribution in [1.82, 2.24) is 9.97 Å². The molecule has 4 aromatic rings. The van der Waals surface area contributed by atoms with Gasteiger partial charge < -0.3 is 10.4 Å². The van der Waals surface area contributed by atoms with Crippen LogP contribution in [0.3, 0.4) is 0 Å². The van der Waals surface area contributed by atoms with Crippen LogP contribution in [0.5, 0.6) is 0 Å². The molecule has 0 bridgehead atoms. The summed E-state index contributed by atoms with van der Waals surface area (Å²) in [7, 11) is 0. The Bertz CT molecular complexity index is 1450. The lowest BCUT2D eigenvalue weighted by molar-refractivity contribution is 0.0697. The molecule has 0 saturated heterocycles. The largest absolute Gasteiger partial charge is 0.478 e. The van der Waals surface area contributed by atoms with Crippen LogP contribution in [0.2, 0.25) is 10.0 Å². The molecule has 168 valence electrons. The van der Waals surface area contributed by atoms with Crippen molar-refractivity contribution in [1.29, 1.82) is 0 Å². The highest BCUT2D eigenvalue weighted by Gasteiger charge is 2.24. The van der Waals surface area contributed by atoms with E-state index in [0.717, 1.165) is 5.56 Å². The van der Waals surface area contributed by atoms with E-state index in [4.69, 9.17) is 28.3 Å². The van der Waals surface area contributed by atoms with E-state index in [0.29, 0.717) is 39.2 Å². The van der Waals surface area contributed by atoms with Gasteiger partial charge in [-0.15, -0.1) is 0 Å². The van der Waals surface area contributed by atoms with Crippen molar-refractivity contribution in [3.63, 3.8) is 0 Å². The molecule has 0 amide bonds. The Morgan fingerprint density at radius 1 is 1.03 bits per heavy atom. The van der Waals surface area contributed by atoms with Crippen LogP contribution >= 0.6 is 23.2 Å². The Morgan fingerprint density at radius 3 is 2.56 bits per heavy atom. The van der Waals surface area contributed by atoms with E-state index in [-0.39, 0.29) is 22.7 Å². The summed E-state index contributed by atoms with van der Waals surface area (Å²) in [6.45, 7) is 0.217. The van der Waals surface area contributed by atoms with Gasteiger partial charge in [-0.05, 0) is 48.5 Å². The minimum atomic E-state index is -1.01. The van der Waals surface area contributed by atoms with E-state index in [9.17, 15) is 9.18 Å². The Morgan fingerprint density at radius 2 is 1.82 bits per heavy atom. The van der Waals surface area contributed by atoms with Crippen LogP contribution in [0, 0.1) is 5.82 Å². The van der Waals surface area contributed by atoms with Gasteiger partial charge in [0, 0.05) is 33.6 Å². The second-order valence-corrected chi connectivity index (χ2v) is 8.37. The number of aromatic carboxylic acids is 1. The van der Waals surface area contributed by atoms with Crippen molar-refractivity contribution in [2.45, 2.75) is 6.54 Å². The first-order chi connectivity index (χ1) is 16.4. The number of hydrogen-bond donors (Lipinski definition) is 2. The highest BCUT2D eigenvalue weighted by Crippen LogP contribution is 2.35. The van der Waals surface area contributed by atoms with Crippen LogP contribution in [-0.2, 0) is 6.54 Å². The second kappa shape index (κ2) is 8.85. The molecule has 0 fully saturated rings. The van der Waals surface area contributed by atoms with Gasteiger partial charge in [0.1, 0.15) is 5.82 Å². The summed E-state index contributed by atoms with van der Waals surface area (Å²) in [6, 6.07) is 16.0. The van der Waals surface area contributed by atoms with Crippen molar-refractivity contribution in [2.24, 2.45) is 4.99 Å². The normalized spacial score (nSPS) is 12.3. The van der Waals surface area contributed by atoms with Gasteiger partial charge in [0.2, 0.25) is 5.95 Å². The summed E-state index contributed by atoms with van der Waals surface area (Å²) in [5.74, 6) is -1.18. The van der Waals surface area contributed by atoms with E-state index < -0.39 is 11.8 Å². The van der Waals surface area contributed by atoms with Gasteiger partial charge in [-0.2, -0.15) is 0 Å². The van der Waals surface area contributed by atoms with Crippen LogP contribution < -0.4 is 5.32 Å². The minimum Gasteiger partial charge on any atom is -0.478 e. The summed E-state index contributed by atoms with van der Waals surface area (Å²) in [5.41, 5.74) is 4.08. The molecular weight excluding hydrogens is 478 g/mol. The number of nitrogens with one attached hydrogen (secondary N) is 1. The number of carboxylic acids is 1. The summed E-state index contributed by atoms with van der Waals surface area (Å²) < 4.78 is 14.8. The first-order valence-electron chi connectivity index (χ1n) is 10.2. The molecule has 0 radical (unpaired) electrons. The van der Waals surface area contributed by atoms with E-state index in [1.165, 1.54) is 18.2 Å². The second-order valence-electron chi connectivity index (χ2n) is 7.53. The lowest BCUT2D eigenvalue weighted by atomic mass is 9.95. The fourth-order valence-corrected chi connectivity index (χ4v) is 4.17. The van der Waals surface area contributed by atoms with E-state index in [1.54, 1.807) is 42.6 Å². The average Bonchev–Trinajstić information content (AvgIpc) is 2.96. The number of benzene rings is 3. The van der Waals surface area contributed by atoms with Crippen molar-refractivity contribution >= 4 is 46.5 Å². The maximum Gasteiger partial charge on any atom is 0.335 e. The van der Waals surface area contributed by atoms with Gasteiger partial charge in [0.25, 0.3) is 0 Å². The highest BCUT2D eigenvalue weighted by atomic mass is 35.5. The molecule has 1 aliphatic heterocycles. The topological polar surface area (TPSA) is 87.5 Å². The standard InChI is InChI=1S/C25H15Cl2FN4O2/c26-15-6-9-17-18(10-15)23(21-19(27)2-1-3-20(21)28)29-11-14-12-30-25(32-22(14)17)31-16-7-4-13(5-8-16)24(33)34/h1-10,12H,11H2,(H,33,34)(H,30,31,32). The number of halogens is 3. The number of carbonyl (C=O) groups is 1. The third-order valence-corrected chi connectivity index (χ3v) is 5.90. The molecule has 0 saturated carbocycles. The fraction of sp³-hybridized carbons (Fsp3) is 0.0400. The Labute approximate surface area is 203 Å². The molecule has 34 heavy (non-hydrogen) atoms. The lowest BCUT2D eigenvalue weighted by Gasteiger charge is -2.14. The van der Waals surface area contributed by atoms with Crippen LogP contribution in [0.25, 0.3) is 11.3 Å². The van der Waals surface area contributed by atoms with Gasteiger partial charge in [-0.25, -0.2) is 19.2 Å². The lowest BCUT2D eigenvalue weighted by Crippen LogP contribution is -2.08. The molecule has 0 aliphatic carbocycles. The third kappa shape index (κ3) is 4.11. The van der Waals surface area contributed by atoms with Gasteiger partial charge in [-0.1, -0.05) is 35.3 Å². The molecule has 1 aromatic heterocycles. The zero-order valence-corrected chi connectivity index (χ0v) is 18.9. The van der Waals surface area contributed by atoms with Crippen LogP contribution in [0.4, 0.5) is 16.0 Å². The van der Waals surface area contributed by atoms with Gasteiger partial charge >= 0.3 is 5.97 Å². The Kier molecular flexibility index (Phi) is 5.73. The number of rotatable bonds is 4. The van der Waals surface area contributed by atoms with Crippen LogP contribution in [-0.4, -0.2) is 26.8 Å².